The van der Waals surface area contributed by atoms with Crippen molar-refractivity contribution in [1.29, 1.82) is 5.41 Å². The first-order valence-electron chi connectivity index (χ1n) is 6.95. The molecule has 0 saturated heterocycles. The molecule has 0 aliphatic carbocycles. The van der Waals surface area contributed by atoms with Crippen LogP contribution in [0.4, 0.5) is 11.6 Å². The topological polar surface area (TPSA) is 116 Å². The standard InChI is InChI=1S/C15H17N7/c1-8(2)21-15-12(14(17)19-7-20-15)13(16)11-5-9-6-18-4-3-10(9)22-11/h3-8,16,22H,1-2H3,(H3,17,19,20,21). The van der Waals surface area contributed by atoms with E-state index < -0.39 is 0 Å². The SMILES string of the molecule is CC(C)Nc1ncnc(N)c1C(=N)c1cc2cnccc2[nH]1. The highest BCUT2D eigenvalue weighted by atomic mass is 15.1. The second-order valence-corrected chi connectivity index (χ2v) is 5.30. The van der Waals surface area contributed by atoms with Crippen molar-refractivity contribution < 1.29 is 0 Å². The molecule has 0 unspecified atom stereocenters. The van der Waals surface area contributed by atoms with Crippen molar-refractivity contribution in [3.05, 3.63) is 42.1 Å². The van der Waals surface area contributed by atoms with Crippen LogP contribution in [-0.2, 0) is 0 Å². The molecule has 0 amide bonds. The lowest BCUT2D eigenvalue weighted by atomic mass is 10.1. The Bertz CT molecular complexity index is 802. The Hall–Kier alpha value is -2.96. The van der Waals surface area contributed by atoms with Gasteiger partial charge in [0.15, 0.2) is 0 Å². The molecule has 0 fully saturated rings. The Morgan fingerprint density at radius 1 is 1.36 bits per heavy atom. The Morgan fingerprint density at radius 3 is 2.91 bits per heavy atom. The lowest BCUT2D eigenvalue weighted by Gasteiger charge is -2.14. The normalized spacial score (nSPS) is 11.0. The van der Waals surface area contributed by atoms with E-state index >= 15 is 0 Å². The average molecular weight is 295 g/mol. The highest BCUT2D eigenvalue weighted by Crippen LogP contribution is 2.23. The van der Waals surface area contributed by atoms with Crippen molar-refractivity contribution in [2.45, 2.75) is 19.9 Å². The number of anilines is 2. The summed E-state index contributed by atoms with van der Waals surface area (Å²) in [4.78, 5) is 15.5. The molecule has 3 heterocycles. The number of nitrogens with zero attached hydrogens (tertiary/aromatic N) is 3. The maximum atomic E-state index is 8.48. The molecule has 0 spiro atoms. The number of nitrogen functional groups attached to an aromatic ring is 1. The molecule has 112 valence electrons. The Labute approximate surface area is 127 Å². The van der Waals surface area contributed by atoms with Gasteiger partial charge in [-0.2, -0.15) is 0 Å². The third-order valence-corrected chi connectivity index (χ3v) is 3.24. The Kier molecular flexibility index (Phi) is 3.46. The van der Waals surface area contributed by atoms with Crippen LogP contribution in [0.2, 0.25) is 0 Å². The smallest absolute Gasteiger partial charge is 0.141 e. The fourth-order valence-electron chi connectivity index (χ4n) is 2.27. The number of H-pyrrole nitrogens is 1. The van der Waals surface area contributed by atoms with Crippen LogP contribution in [0.5, 0.6) is 0 Å². The molecule has 5 N–H and O–H groups in total. The van der Waals surface area contributed by atoms with E-state index in [-0.39, 0.29) is 17.6 Å². The first-order chi connectivity index (χ1) is 10.6. The van der Waals surface area contributed by atoms with Gasteiger partial charge in [-0.1, -0.05) is 0 Å². The summed E-state index contributed by atoms with van der Waals surface area (Å²) in [6.45, 7) is 4.00. The fraction of sp³-hybridized carbons (Fsp3) is 0.200. The fourth-order valence-corrected chi connectivity index (χ4v) is 2.27. The van der Waals surface area contributed by atoms with Gasteiger partial charge in [0, 0.05) is 29.3 Å². The van der Waals surface area contributed by atoms with E-state index in [0.717, 1.165) is 10.9 Å². The lowest BCUT2D eigenvalue weighted by molar-refractivity contribution is 0.885. The largest absolute Gasteiger partial charge is 0.383 e. The maximum Gasteiger partial charge on any atom is 0.141 e. The highest BCUT2D eigenvalue weighted by Gasteiger charge is 2.18. The quantitative estimate of drug-likeness (QED) is 0.550. The summed E-state index contributed by atoms with van der Waals surface area (Å²) in [6, 6.07) is 3.91. The zero-order valence-electron chi connectivity index (χ0n) is 12.4. The number of pyridine rings is 1. The molecule has 22 heavy (non-hydrogen) atoms. The van der Waals surface area contributed by atoms with Gasteiger partial charge >= 0.3 is 0 Å². The summed E-state index contributed by atoms with van der Waals surface area (Å²) < 4.78 is 0. The predicted octanol–water partition coefficient (Wildman–Crippen LogP) is 2.17. The molecule has 7 nitrogen and oxygen atoms in total. The Balaban J connectivity index is 2.08. The van der Waals surface area contributed by atoms with Gasteiger partial charge in [0.1, 0.15) is 18.0 Å². The van der Waals surface area contributed by atoms with Crippen LogP contribution in [0.15, 0.2) is 30.9 Å². The van der Waals surface area contributed by atoms with E-state index in [9.17, 15) is 0 Å². The average Bonchev–Trinajstić information content (AvgIpc) is 2.90. The summed E-state index contributed by atoms with van der Waals surface area (Å²) in [5.41, 5.74) is 8.28. The number of hydrogen-bond acceptors (Lipinski definition) is 6. The predicted molar refractivity (Wildman–Crippen MR) is 87.2 cm³/mol. The van der Waals surface area contributed by atoms with Crippen molar-refractivity contribution in [2.75, 3.05) is 11.1 Å². The lowest BCUT2D eigenvalue weighted by Crippen LogP contribution is -2.18. The van der Waals surface area contributed by atoms with Gasteiger partial charge in [0.2, 0.25) is 0 Å². The first kappa shape index (κ1) is 14.0. The molecule has 0 bridgehead atoms. The van der Waals surface area contributed by atoms with Gasteiger partial charge in [0.25, 0.3) is 0 Å². The van der Waals surface area contributed by atoms with Gasteiger partial charge in [-0.15, -0.1) is 0 Å². The minimum absolute atomic E-state index is 0.174. The number of aromatic amines is 1. The molecule has 0 radical (unpaired) electrons. The summed E-state index contributed by atoms with van der Waals surface area (Å²) in [7, 11) is 0. The summed E-state index contributed by atoms with van der Waals surface area (Å²) in [6.07, 6.45) is 4.85. The molecule has 3 aromatic rings. The van der Waals surface area contributed by atoms with Crippen molar-refractivity contribution in [3.8, 4) is 0 Å². The van der Waals surface area contributed by atoms with Crippen LogP contribution in [0.3, 0.4) is 0 Å². The summed E-state index contributed by atoms with van der Waals surface area (Å²) in [5.74, 6) is 0.837. The van der Waals surface area contributed by atoms with E-state index in [2.05, 4.69) is 25.3 Å². The van der Waals surface area contributed by atoms with E-state index in [0.29, 0.717) is 17.1 Å². The zero-order valence-corrected chi connectivity index (χ0v) is 12.4. The molecule has 3 rings (SSSR count). The molecule has 3 aromatic heterocycles. The van der Waals surface area contributed by atoms with E-state index in [1.165, 1.54) is 6.33 Å². The number of aromatic nitrogens is 4. The van der Waals surface area contributed by atoms with Crippen LogP contribution in [0, 0.1) is 5.41 Å². The molecular formula is C15H17N7. The van der Waals surface area contributed by atoms with Crippen molar-refractivity contribution in [3.63, 3.8) is 0 Å². The Morgan fingerprint density at radius 2 is 2.18 bits per heavy atom. The van der Waals surface area contributed by atoms with Gasteiger partial charge in [-0.3, -0.25) is 10.4 Å². The molecule has 0 aromatic carbocycles. The second kappa shape index (κ2) is 5.44. The minimum Gasteiger partial charge on any atom is -0.383 e. The number of fused-ring (bicyclic) bond motifs is 1. The van der Waals surface area contributed by atoms with Gasteiger partial charge in [-0.05, 0) is 26.0 Å². The van der Waals surface area contributed by atoms with Crippen LogP contribution >= 0.6 is 0 Å². The summed E-state index contributed by atoms with van der Waals surface area (Å²) in [5, 5.41) is 12.6. The van der Waals surface area contributed by atoms with Gasteiger partial charge < -0.3 is 16.0 Å². The molecule has 0 aliphatic heterocycles. The van der Waals surface area contributed by atoms with Gasteiger partial charge in [-0.25, -0.2) is 9.97 Å². The third kappa shape index (κ3) is 2.48. The van der Waals surface area contributed by atoms with Crippen LogP contribution in [-0.4, -0.2) is 31.7 Å². The van der Waals surface area contributed by atoms with Crippen LogP contribution < -0.4 is 11.1 Å². The number of hydrogen-bond donors (Lipinski definition) is 4. The molecule has 7 heteroatoms. The first-order valence-corrected chi connectivity index (χ1v) is 6.95. The van der Waals surface area contributed by atoms with Crippen molar-refractivity contribution in [1.82, 2.24) is 19.9 Å². The van der Waals surface area contributed by atoms with E-state index in [4.69, 9.17) is 11.1 Å². The maximum absolute atomic E-state index is 8.48. The summed E-state index contributed by atoms with van der Waals surface area (Å²) >= 11 is 0. The van der Waals surface area contributed by atoms with Crippen molar-refractivity contribution in [2.24, 2.45) is 0 Å². The van der Waals surface area contributed by atoms with Crippen LogP contribution in [0.25, 0.3) is 10.9 Å². The number of nitrogens with one attached hydrogen (secondary N) is 3. The highest BCUT2D eigenvalue weighted by molar-refractivity contribution is 6.16. The third-order valence-electron chi connectivity index (χ3n) is 3.24. The number of rotatable bonds is 4. The van der Waals surface area contributed by atoms with E-state index in [1.54, 1.807) is 12.4 Å². The van der Waals surface area contributed by atoms with E-state index in [1.807, 2.05) is 26.0 Å². The molecule has 0 atom stereocenters. The zero-order chi connectivity index (χ0) is 15.7. The number of nitrogens with two attached hydrogens (primary N) is 1. The molecule has 0 aliphatic rings. The molecular weight excluding hydrogens is 278 g/mol. The van der Waals surface area contributed by atoms with Gasteiger partial charge in [0.05, 0.1) is 17.0 Å². The second-order valence-electron chi connectivity index (χ2n) is 5.30. The molecule has 0 saturated carbocycles. The monoisotopic (exact) mass is 295 g/mol. The van der Waals surface area contributed by atoms with Crippen LogP contribution in [0.1, 0.15) is 25.1 Å². The van der Waals surface area contributed by atoms with Crippen molar-refractivity contribution >= 4 is 28.3 Å². The minimum atomic E-state index is 0.174.